The number of nitrogens with two attached hydrogens (primary N) is 1. The van der Waals surface area contributed by atoms with E-state index in [0.29, 0.717) is 10.2 Å². The number of halogens is 2. The van der Waals surface area contributed by atoms with Gasteiger partial charge in [-0.15, -0.1) is 10.2 Å². The highest BCUT2D eigenvalue weighted by atomic mass is 35.5. The fourth-order valence-corrected chi connectivity index (χ4v) is 2.40. The van der Waals surface area contributed by atoms with Crippen molar-refractivity contribution >= 4 is 52.6 Å². The highest BCUT2D eigenvalue weighted by Crippen LogP contribution is 2.23. The summed E-state index contributed by atoms with van der Waals surface area (Å²) >= 11 is 12.8. The van der Waals surface area contributed by atoms with Crippen LogP contribution in [0.15, 0.2) is 17.4 Å². The van der Waals surface area contributed by atoms with Crippen molar-refractivity contribution in [2.75, 3.05) is 16.8 Å². The third-order valence-corrected chi connectivity index (χ3v) is 3.78. The molecule has 0 bridgehead atoms. The molecule has 3 N–H and O–H groups in total. The quantitative estimate of drug-likeness (QED) is 0.828. The van der Waals surface area contributed by atoms with Gasteiger partial charge < -0.3 is 11.1 Å². The third kappa shape index (κ3) is 3.53. The monoisotopic (exact) mass is 332 g/mol. The SMILES string of the molecule is Cn1c(N)nnc1SCC(=O)Nc1ncc(Cl)cc1Cl. The van der Waals surface area contributed by atoms with Crippen LogP contribution in [0.3, 0.4) is 0 Å². The smallest absolute Gasteiger partial charge is 0.236 e. The molecule has 0 saturated carbocycles. The van der Waals surface area contributed by atoms with Crippen molar-refractivity contribution < 1.29 is 4.79 Å². The summed E-state index contributed by atoms with van der Waals surface area (Å²) in [4.78, 5) is 15.7. The number of nitrogens with zero attached hydrogens (tertiary/aromatic N) is 4. The number of pyridine rings is 1. The number of carbonyl (C=O) groups is 1. The van der Waals surface area contributed by atoms with E-state index in [2.05, 4.69) is 20.5 Å². The van der Waals surface area contributed by atoms with Crippen molar-refractivity contribution in [1.29, 1.82) is 0 Å². The number of rotatable bonds is 4. The minimum atomic E-state index is -0.270. The molecule has 0 radical (unpaired) electrons. The zero-order chi connectivity index (χ0) is 14.7. The Kier molecular flexibility index (Phi) is 4.69. The molecule has 10 heteroatoms. The number of nitrogens with one attached hydrogen (secondary N) is 1. The van der Waals surface area contributed by atoms with Crippen LogP contribution in [-0.2, 0) is 11.8 Å². The summed E-state index contributed by atoms with van der Waals surface area (Å²) in [6.07, 6.45) is 1.40. The molecule has 0 aliphatic carbocycles. The van der Waals surface area contributed by atoms with Crippen LogP contribution in [0.4, 0.5) is 11.8 Å². The predicted molar refractivity (Wildman–Crippen MR) is 79.0 cm³/mol. The standard InChI is InChI=1S/C10H10Cl2N6OS/c1-18-9(13)16-17-10(18)20-4-7(19)15-8-6(12)2-5(11)3-14-8/h2-3H,4H2,1H3,(H2,13,16)(H,14,15,19). The molecule has 0 unspecified atom stereocenters. The van der Waals surface area contributed by atoms with Gasteiger partial charge in [0.15, 0.2) is 11.0 Å². The highest BCUT2D eigenvalue weighted by Gasteiger charge is 2.11. The first kappa shape index (κ1) is 14.9. The Bertz CT molecular complexity index is 647. The van der Waals surface area contributed by atoms with Crippen LogP contribution in [0, 0.1) is 0 Å². The van der Waals surface area contributed by atoms with Gasteiger partial charge in [-0.05, 0) is 6.07 Å². The van der Waals surface area contributed by atoms with Crippen LogP contribution in [0.5, 0.6) is 0 Å². The van der Waals surface area contributed by atoms with E-state index < -0.39 is 0 Å². The maximum atomic E-state index is 11.8. The topological polar surface area (TPSA) is 98.7 Å². The Morgan fingerprint density at radius 1 is 1.50 bits per heavy atom. The average Bonchev–Trinajstić information content (AvgIpc) is 2.71. The molecule has 1 amide bonds. The van der Waals surface area contributed by atoms with E-state index in [-0.39, 0.29) is 28.4 Å². The lowest BCUT2D eigenvalue weighted by Gasteiger charge is -2.06. The number of aromatic nitrogens is 4. The fraction of sp³-hybridized carbons (Fsp3) is 0.200. The van der Waals surface area contributed by atoms with Crippen molar-refractivity contribution in [3.05, 3.63) is 22.3 Å². The predicted octanol–water partition coefficient (Wildman–Crippen LogP) is 1.83. The van der Waals surface area contributed by atoms with Crippen molar-refractivity contribution in [3.8, 4) is 0 Å². The molecule has 0 saturated heterocycles. The van der Waals surface area contributed by atoms with E-state index in [4.69, 9.17) is 28.9 Å². The van der Waals surface area contributed by atoms with Crippen molar-refractivity contribution in [2.45, 2.75) is 5.16 Å². The molecule has 2 heterocycles. The Balaban J connectivity index is 1.94. The molecule has 106 valence electrons. The lowest BCUT2D eigenvalue weighted by Crippen LogP contribution is -2.15. The molecule has 2 rings (SSSR count). The minimum Gasteiger partial charge on any atom is -0.368 e. The van der Waals surface area contributed by atoms with Gasteiger partial charge in [-0.2, -0.15) is 0 Å². The van der Waals surface area contributed by atoms with Gasteiger partial charge in [-0.3, -0.25) is 9.36 Å². The van der Waals surface area contributed by atoms with Crippen molar-refractivity contribution in [3.63, 3.8) is 0 Å². The lowest BCUT2D eigenvalue weighted by atomic mass is 10.4. The minimum absolute atomic E-state index is 0.132. The Labute approximate surface area is 128 Å². The van der Waals surface area contributed by atoms with Gasteiger partial charge in [0.2, 0.25) is 11.9 Å². The summed E-state index contributed by atoms with van der Waals surface area (Å²) in [5, 5.41) is 11.3. The van der Waals surface area contributed by atoms with Gasteiger partial charge in [0.05, 0.1) is 15.8 Å². The molecule has 7 nitrogen and oxygen atoms in total. The number of thioether (sulfide) groups is 1. The second-order valence-corrected chi connectivity index (χ2v) is 5.51. The van der Waals surface area contributed by atoms with Crippen LogP contribution in [0.25, 0.3) is 0 Å². The van der Waals surface area contributed by atoms with Crippen molar-refractivity contribution in [1.82, 2.24) is 19.7 Å². The van der Waals surface area contributed by atoms with E-state index in [1.54, 1.807) is 11.6 Å². The summed E-state index contributed by atoms with van der Waals surface area (Å²) in [6.45, 7) is 0. The first-order valence-corrected chi connectivity index (χ1v) is 7.10. The summed E-state index contributed by atoms with van der Waals surface area (Å²) in [5.74, 6) is 0.412. The molecular weight excluding hydrogens is 323 g/mol. The maximum absolute atomic E-state index is 11.8. The van der Waals surface area contributed by atoms with Crippen molar-refractivity contribution in [2.24, 2.45) is 7.05 Å². The number of hydrogen-bond donors (Lipinski definition) is 2. The van der Waals surface area contributed by atoms with Gasteiger partial charge >= 0.3 is 0 Å². The number of carbonyl (C=O) groups excluding carboxylic acids is 1. The summed E-state index contributed by atoms with van der Waals surface area (Å²) in [7, 11) is 1.72. The Hall–Kier alpha value is -1.51. The van der Waals surface area contributed by atoms with Gasteiger partial charge in [-0.25, -0.2) is 4.98 Å². The second kappa shape index (κ2) is 6.29. The van der Waals surface area contributed by atoms with Gasteiger partial charge in [0, 0.05) is 13.2 Å². The van der Waals surface area contributed by atoms with Crippen LogP contribution in [0.1, 0.15) is 0 Å². The molecule has 0 spiro atoms. The van der Waals surface area contributed by atoms with Crippen LogP contribution in [0.2, 0.25) is 10.0 Å². The molecule has 0 aliphatic heterocycles. The number of anilines is 2. The normalized spacial score (nSPS) is 10.6. The largest absolute Gasteiger partial charge is 0.368 e. The van der Waals surface area contributed by atoms with Gasteiger partial charge in [0.25, 0.3) is 0 Å². The van der Waals surface area contributed by atoms with E-state index in [1.807, 2.05) is 0 Å². The molecule has 0 aromatic carbocycles. The molecule has 0 atom stereocenters. The first-order valence-electron chi connectivity index (χ1n) is 5.36. The lowest BCUT2D eigenvalue weighted by molar-refractivity contribution is -0.113. The molecule has 0 aliphatic rings. The Morgan fingerprint density at radius 2 is 2.25 bits per heavy atom. The van der Waals surface area contributed by atoms with E-state index in [1.165, 1.54) is 24.0 Å². The summed E-state index contributed by atoms with van der Waals surface area (Å²) in [6, 6.07) is 1.50. The number of hydrogen-bond acceptors (Lipinski definition) is 6. The number of amides is 1. The van der Waals surface area contributed by atoms with E-state index in [9.17, 15) is 4.79 Å². The van der Waals surface area contributed by atoms with Crippen LogP contribution >= 0.6 is 35.0 Å². The molecule has 0 fully saturated rings. The second-order valence-electron chi connectivity index (χ2n) is 3.72. The molecule has 20 heavy (non-hydrogen) atoms. The van der Waals surface area contributed by atoms with Gasteiger partial charge in [0.1, 0.15) is 0 Å². The van der Waals surface area contributed by atoms with Crippen LogP contribution < -0.4 is 11.1 Å². The number of nitrogen functional groups attached to an aromatic ring is 1. The molecule has 2 aromatic rings. The third-order valence-electron chi connectivity index (χ3n) is 2.27. The summed E-state index contributed by atoms with van der Waals surface area (Å²) in [5.41, 5.74) is 5.54. The molecular formula is C10H10Cl2N6OS. The molecule has 2 aromatic heterocycles. The zero-order valence-electron chi connectivity index (χ0n) is 10.3. The highest BCUT2D eigenvalue weighted by molar-refractivity contribution is 7.99. The Morgan fingerprint density at radius 3 is 2.85 bits per heavy atom. The summed E-state index contributed by atoms with van der Waals surface area (Å²) < 4.78 is 1.59. The maximum Gasteiger partial charge on any atom is 0.236 e. The fourth-order valence-electron chi connectivity index (χ4n) is 1.26. The van der Waals surface area contributed by atoms with Gasteiger partial charge in [-0.1, -0.05) is 35.0 Å². The first-order chi connectivity index (χ1) is 9.47. The zero-order valence-corrected chi connectivity index (χ0v) is 12.6. The average molecular weight is 333 g/mol. The van der Waals surface area contributed by atoms with Crippen LogP contribution in [-0.4, -0.2) is 31.4 Å². The van der Waals surface area contributed by atoms with E-state index in [0.717, 1.165) is 0 Å². The van der Waals surface area contributed by atoms with E-state index >= 15 is 0 Å².